The molecule has 2 aromatic rings. The third-order valence-electron chi connectivity index (χ3n) is 4.94. The number of H-pyrrole nitrogens is 1. The highest BCUT2D eigenvalue weighted by Gasteiger charge is 2.18. The van der Waals surface area contributed by atoms with E-state index in [9.17, 15) is 0 Å². The first-order valence-electron chi connectivity index (χ1n) is 8.83. The summed E-state index contributed by atoms with van der Waals surface area (Å²) in [4.78, 5) is 9.39. The van der Waals surface area contributed by atoms with Gasteiger partial charge in [0.15, 0.2) is 5.82 Å². The minimum Gasteiger partial charge on any atom is -0.493 e. The molecular formula is C18H25N5O. The molecule has 128 valence electrons. The molecule has 0 aliphatic carbocycles. The van der Waals surface area contributed by atoms with Crippen LogP contribution in [0.1, 0.15) is 22.8 Å². The number of hydrogen-bond donors (Lipinski definition) is 1. The van der Waals surface area contributed by atoms with Gasteiger partial charge >= 0.3 is 0 Å². The fourth-order valence-electron chi connectivity index (χ4n) is 3.51. The second kappa shape index (κ2) is 6.91. The predicted octanol–water partition coefficient (Wildman–Crippen LogP) is 1.41. The van der Waals surface area contributed by atoms with Gasteiger partial charge in [0.05, 0.1) is 13.2 Å². The highest BCUT2D eigenvalue weighted by Crippen LogP contribution is 2.26. The van der Waals surface area contributed by atoms with Gasteiger partial charge in [0.1, 0.15) is 11.6 Å². The zero-order valence-corrected chi connectivity index (χ0v) is 14.3. The van der Waals surface area contributed by atoms with E-state index in [2.05, 4.69) is 43.2 Å². The number of rotatable bonds is 5. The van der Waals surface area contributed by atoms with Gasteiger partial charge in [-0.1, -0.05) is 12.1 Å². The molecule has 3 heterocycles. The fraction of sp³-hybridized carbons (Fsp3) is 0.556. The van der Waals surface area contributed by atoms with E-state index in [0.29, 0.717) is 0 Å². The second-order valence-electron chi connectivity index (χ2n) is 6.75. The van der Waals surface area contributed by atoms with Crippen LogP contribution in [0.2, 0.25) is 0 Å². The van der Waals surface area contributed by atoms with Crippen molar-refractivity contribution in [3.05, 3.63) is 41.0 Å². The zero-order chi connectivity index (χ0) is 16.4. The van der Waals surface area contributed by atoms with Crippen molar-refractivity contribution in [2.24, 2.45) is 0 Å². The Morgan fingerprint density at radius 2 is 2.00 bits per heavy atom. The summed E-state index contributed by atoms with van der Waals surface area (Å²) < 4.78 is 5.58. The number of piperazine rings is 1. The molecule has 6 nitrogen and oxygen atoms in total. The van der Waals surface area contributed by atoms with Crippen LogP contribution in [0.5, 0.6) is 5.75 Å². The summed E-state index contributed by atoms with van der Waals surface area (Å²) in [5.41, 5.74) is 2.80. The fourth-order valence-corrected chi connectivity index (χ4v) is 3.51. The number of aryl methyl sites for hydroxylation is 1. The number of aromatic amines is 1. The number of aromatic nitrogens is 3. The summed E-state index contributed by atoms with van der Waals surface area (Å²) in [5, 5.41) is 7.15. The molecule has 6 heteroatoms. The first-order chi connectivity index (χ1) is 11.8. The van der Waals surface area contributed by atoms with Gasteiger partial charge < -0.3 is 9.64 Å². The molecule has 1 saturated heterocycles. The molecule has 0 radical (unpaired) electrons. The maximum Gasteiger partial charge on any atom is 0.164 e. The SMILES string of the molecule is Cc1nc(CN2CCN(CCc3ccc4c(c3)CCO4)CC2)n[nH]1. The van der Waals surface area contributed by atoms with Crippen LogP contribution in [0.3, 0.4) is 0 Å². The second-order valence-corrected chi connectivity index (χ2v) is 6.75. The van der Waals surface area contributed by atoms with E-state index in [4.69, 9.17) is 4.74 Å². The molecule has 0 bridgehead atoms. The normalized spacial score (nSPS) is 18.5. The Morgan fingerprint density at radius 1 is 1.17 bits per heavy atom. The zero-order valence-electron chi connectivity index (χ0n) is 14.3. The van der Waals surface area contributed by atoms with E-state index in [0.717, 1.165) is 76.1 Å². The number of nitrogens with zero attached hydrogens (tertiary/aromatic N) is 4. The van der Waals surface area contributed by atoms with Crippen molar-refractivity contribution in [2.75, 3.05) is 39.3 Å². The third kappa shape index (κ3) is 3.60. The van der Waals surface area contributed by atoms with Crippen molar-refractivity contribution in [1.82, 2.24) is 25.0 Å². The average molecular weight is 327 g/mol. The number of fused-ring (bicyclic) bond motifs is 1. The molecule has 0 atom stereocenters. The number of hydrogen-bond acceptors (Lipinski definition) is 5. The Hall–Kier alpha value is -1.92. The van der Waals surface area contributed by atoms with E-state index in [1.165, 1.54) is 11.1 Å². The maximum absolute atomic E-state index is 5.58. The summed E-state index contributed by atoms with van der Waals surface area (Å²) in [6.07, 6.45) is 2.18. The minimum absolute atomic E-state index is 0.838. The van der Waals surface area contributed by atoms with Gasteiger partial charge in [-0.15, -0.1) is 0 Å². The van der Waals surface area contributed by atoms with E-state index in [1.54, 1.807) is 0 Å². The van der Waals surface area contributed by atoms with Gasteiger partial charge in [-0.3, -0.25) is 10.00 Å². The van der Waals surface area contributed by atoms with Gasteiger partial charge in [-0.05, 0) is 30.5 Å². The number of ether oxygens (including phenoxy) is 1. The minimum atomic E-state index is 0.838. The molecule has 0 unspecified atom stereocenters. The molecule has 1 aromatic carbocycles. The molecule has 2 aliphatic heterocycles. The Kier molecular flexibility index (Phi) is 4.49. The lowest BCUT2D eigenvalue weighted by atomic mass is 10.1. The molecule has 0 amide bonds. The van der Waals surface area contributed by atoms with Gasteiger partial charge in [0.2, 0.25) is 0 Å². The molecule has 0 saturated carbocycles. The Balaban J connectivity index is 1.23. The van der Waals surface area contributed by atoms with Crippen LogP contribution in [0.15, 0.2) is 18.2 Å². The highest BCUT2D eigenvalue weighted by molar-refractivity contribution is 5.39. The lowest BCUT2D eigenvalue weighted by Crippen LogP contribution is -2.46. The topological polar surface area (TPSA) is 57.3 Å². The summed E-state index contributed by atoms with van der Waals surface area (Å²) in [6.45, 7) is 9.19. The van der Waals surface area contributed by atoms with Crippen molar-refractivity contribution in [3.63, 3.8) is 0 Å². The lowest BCUT2D eigenvalue weighted by molar-refractivity contribution is 0.126. The predicted molar refractivity (Wildman–Crippen MR) is 92.2 cm³/mol. The molecule has 24 heavy (non-hydrogen) atoms. The van der Waals surface area contributed by atoms with E-state index in [-0.39, 0.29) is 0 Å². The van der Waals surface area contributed by atoms with Gasteiger partial charge in [-0.25, -0.2) is 4.98 Å². The van der Waals surface area contributed by atoms with Crippen molar-refractivity contribution in [3.8, 4) is 5.75 Å². The van der Waals surface area contributed by atoms with Crippen LogP contribution in [0.25, 0.3) is 0 Å². The van der Waals surface area contributed by atoms with Crippen LogP contribution in [0, 0.1) is 6.92 Å². The van der Waals surface area contributed by atoms with Crippen molar-refractivity contribution in [2.45, 2.75) is 26.3 Å². The summed E-state index contributed by atoms with van der Waals surface area (Å²) in [7, 11) is 0. The molecule has 1 aromatic heterocycles. The average Bonchev–Trinajstić information content (AvgIpc) is 3.22. The van der Waals surface area contributed by atoms with E-state index < -0.39 is 0 Å². The first-order valence-corrected chi connectivity index (χ1v) is 8.83. The van der Waals surface area contributed by atoms with Crippen LogP contribution in [0.4, 0.5) is 0 Å². The molecular weight excluding hydrogens is 302 g/mol. The Morgan fingerprint density at radius 3 is 2.79 bits per heavy atom. The standard InChI is InChI=1S/C18H25N5O/c1-14-19-18(21-20-14)13-23-9-7-22(8-10-23)6-4-15-2-3-17-16(12-15)5-11-24-17/h2-3,12H,4-11,13H2,1H3,(H,19,20,21). The summed E-state index contributed by atoms with van der Waals surface area (Å²) >= 11 is 0. The number of nitrogens with one attached hydrogen (secondary N) is 1. The summed E-state index contributed by atoms with van der Waals surface area (Å²) in [5.74, 6) is 2.87. The molecule has 1 fully saturated rings. The monoisotopic (exact) mass is 327 g/mol. The molecule has 2 aliphatic rings. The van der Waals surface area contributed by atoms with Gasteiger partial charge in [0.25, 0.3) is 0 Å². The van der Waals surface area contributed by atoms with Gasteiger partial charge in [0, 0.05) is 39.1 Å². The molecule has 4 rings (SSSR count). The Labute approximate surface area is 142 Å². The first kappa shape index (κ1) is 15.6. The van der Waals surface area contributed by atoms with Gasteiger partial charge in [-0.2, -0.15) is 5.10 Å². The lowest BCUT2D eigenvalue weighted by Gasteiger charge is -2.34. The highest BCUT2D eigenvalue weighted by atomic mass is 16.5. The van der Waals surface area contributed by atoms with Crippen LogP contribution >= 0.6 is 0 Å². The number of benzene rings is 1. The van der Waals surface area contributed by atoms with E-state index >= 15 is 0 Å². The van der Waals surface area contributed by atoms with Crippen LogP contribution in [-0.2, 0) is 19.4 Å². The Bertz CT molecular complexity index is 690. The van der Waals surface area contributed by atoms with Crippen LogP contribution < -0.4 is 4.74 Å². The van der Waals surface area contributed by atoms with Crippen molar-refractivity contribution >= 4 is 0 Å². The van der Waals surface area contributed by atoms with E-state index in [1.807, 2.05) is 6.92 Å². The smallest absolute Gasteiger partial charge is 0.164 e. The quantitative estimate of drug-likeness (QED) is 0.900. The van der Waals surface area contributed by atoms with Crippen molar-refractivity contribution < 1.29 is 4.74 Å². The van der Waals surface area contributed by atoms with Crippen molar-refractivity contribution in [1.29, 1.82) is 0 Å². The van der Waals surface area contributed by atoms with Crippen LogP contribution in [-0.4, -0.2) is 64.3 Å². The largest absolute Gasteiger partial charge is 0.493 e. The third-order valence-corrected chi connectivity index (χ3v) is 4.94. The molecule has 1 N–H and O–H groups in total. The summed E-state index contributed by atoms with van der Waals surface area (Å²) in [6, 6.07) is 6.67. The maximum atomic E-state index is 5.58. The molecule has 0 spiro atoms.